The largest absolute Gasteiger partial charge is 0.388 e. The molecule has 0 aliphatic rings. The third kappa shape index (κ3) is 4.51. The van der Waals surface area contributed by atoms with Crippen molar-refractivity contribution in [3.63, 3.8) is 0 Å². The number of hydrogen-bond donors (Lipinski definition) is 2. The molecule has 1 aromatic rings. The van der Waals surface area contributed by atoms with Crippen molar-refractivity contribution in [2.45, 2.75) is 13.3 Å². The molecule has 7 nitrogen and oxygen atoms in total. The fourth-order valence-corrected chi connectivity index (χ4v) is 1.65. The van der Waals surface area contributed by atoms with Crippen LogP contribution in [-0.4, -0.2) is 37.6 Å². The second-order valence-electron chi connectivity index (χ2n) is 4.05. The molecule has 0 unspecified atom stereocenters. The summed E-state index contributed by atoms with van der Waals surface area (Å²) >= 11 is 0. The fourth-order valence-electron chi connectivity index (χ4n) is 1.65. The van der Waals surface area contributed by atoms with Gasteiger partial charge in [-0.1, -0.05) is 0 Å². The maximum absolute atomic E-state index is 12.0. The van der Waals surface area contributed by atoms with Crippen molar-refractivity contribution in [2.24, 2.45) is 0 Å². The standard InChI is InChI=1S/C13H19N3O4/c1-3-20-8-4-7-15-13(17)11-9-10(14-2)5-6-12(11)16(18)19/h5-6,9,14H,3-4,7-8H2,1-2H3,(H,15,17). The quantitative estimate of drug-likeness (QED) is 0.430. The summed E-state index contributed by atoms with van der Waals surface area (Å²) in [6, 6.07) is 4.35. The number of amides is 1. The molecule has 7 heteroatoms. The molecule has 0 radical (unpaired) electrons. The number of carbonyl (C=O) groups is 1. The molecule has 20 heavy (non-hydrogen) atoms. The number of benzene rings is 1. The highest BCUT2D eigenvalue weighted by Crippen LogP contribution is 2.22. The average molecular weight is 281 g/mol. The number of ether oxygens (including phenoxy) is 1. The van der Waals surface area contributed by atoms with Gasteiger partial charge in [0.25, 0.3) is 11.6 Å². The van der Waals surface area contributed by atoms with E-state index in [0.29, 0.717) is 31.9 Å². The van der Waals surface area contributed by atoms with Gasteiger partial charge >= 0.3 is 0 Å². The number of nitro groups is 1. The third-order valence-corrected chi connectivity index (χ3v) is 2.68. The van der Waals surface area contributed by atoms with Crippen molar-refractivity contribution >= 4 is 17.3 Å². The molecule has 0 aliphatic carbocycles. The topological polar surface area (TPSA) is 93.5 Å². The van der Waals surface area contributed by atoms with Crippen molar-refractivity contribution in [1.82, 2.24) is 5.32 Å². The molecule has 0 saturated carbocycles. The van der Waals surface area contributed by atoms with E-state index >= 15 is 0 Å². The van der Waals surface area contributed by atoms with Crippen molar-refractivity contribution < 1.29 is 14.5 Å². The summed E-state index contributed by atoms with van der Waals surface area (Å²) in [7, 11) is 1.69. The summed E-state index contributed by atoms with van der Waals surface area (Å²) in [5, 5.41) is 16.4. The van der Waals surface area contributed by atoms with E-state index < -0.39 is 10.8 Å². The Hall–Kier alpha value is -2.15. The zero-order chi connectivity index (χ0) is 15.0. The third-order valence-electron chi connectivity index (χ3n) is 2.68. The molecule has 1 rings (SSSR count). The maximum atomic E-state index is 12.0. The number of anilines is 1. The number of rotatable bonds is 8. The second-order valence-corrected chi connectivity index (χ2v) is 4.05. The Bertz CT molecular complexity index is 477. The summed E-state index contributed by atoms with van der Waals surface area (Å²) in [6.07, 6.45) is 0.666. The first-order valence-corrected chi connectivity index (χ1v) is 6.42. The minimum atomic E-state index is -0.561. The number of hydrogen-bond acceptors (Lipinski definition) is 5. The van der Waals surface area contributed by atoms with Gasteiger partial charge in [0, 0.05) is 38.6 Å². The van der Waals surface area contributed by atoms with Crippen molar-refractivity contribution in [1.29, 1.82) is 0 Å². The Morgan fingerprint density at radius 3 is 2.80 bits per heavy atom. The smallest absolute Gasteiger partial charge is 0.282 e. The van der Waals surface area contributed by atoms with Crippen LogP contribution in [0.15, 0.2) is 18.2 Å². The lowest BCUT2D eigenvalue weighted by Gasteiger charge is -2.08. The predicted molar refractivity (Wildman–Crippen MR) is 76.1 cm³/mol. The molecule has 0 fully saturated rings. The molecule has 1 amide bonds. The molecular weight excluding hydrogens is 262 g/mol. The van der Waals surface area contributed by atoms with Crippen LogP contribution in [0, 0.1) is 10.1 Å². The Labute approximate surface area is 117 Å². The lowest BCUT2D eigenvalue weighted by atomic mass is 10.1. The van der Waals surface area contributed by atoms with E-state index in [1.54, 1.807) is 13.1 Å². The zero-order valence-electron chi connectivity index (χ0n) is 11.6. The maximum Gasteiger partial charge on any atom is 0.282 e. The molecule has 0 bridgehead atoms. The fraction of sp³-hybridized carbons (Fsp3) is 0.462. The summed E-state index contributed by atoms with van der Waals surface area (Å²) in [4.78, 5) is 22.4. The van der Waals surface area contributed by atoms with Gasteiger partial charge in [-0.05, 0) is 25.5 Å². The minimum Gasteiger partial charge on any atom is -0.388 e. The number of carbonyl (C=O) groups excluding carboxylic acids is 1. The zero-order valence-corrected chi connectivity index (χ0v) is 11.6. The van der Waals surface area contributed by atoms with Crippen molar-refractivity contribution in [2.75, 3.05) is 32.1 Å². The molecule has 2 N–H and O–H groups in total. The molecule has 1 aromatic carbocycles. The molecule has 0 saturated heterocycles. The van der Waals surface area contributed by atoms with Crippen LogP contribution in [0.1, 0.15) is 23.7 Å². The van der Waals surface area contributed by atoms with E-state index in [9.17, 15) is 14.9 Å². The first-order chi connectivity index (χ1) is 9.60. The van der Waals surface area contributed by atoms with Crippen LogP contribution in [-0.2, 0) is 4.74 Å². The SMILES string of the molecule is CCOCCCNC(=O)c1cc(NC)ccc1[N+](=O)[O-]. The summed E-state index contributed by atoms with van der Waals surface area (Å²) < 4.78 is 5.15. The van der Waals surface area contributed by atoms with Crippen molar-refractivity contribution in [3.8, 4) is 0 Å². The molecule has 0 heterocycles. The first kappa shape index (κ1) is 15.9. The number of nitrogens with zero attached hydrogens (tertiary/aromatic N) is 1. The van der Waals surface area contributed by atoms with E-state index in [1.165, 1.54) is 12.1 Å². The highest BCUT2D eigenvalue weighted by molar-refractivity contribution is 5.99. The summed E-state index contributed by atoms with van der Waals surface area (Å²) in [6.45, 7) is 3.49. The number of nitro benzene ring substituents is 1. The van der Waals surface area contributed by atoms with E-state index in [1.807, 2.05) is 6.92 Å². The molecule has 0 spiro atoms. The van der Waals surface area contributed by atoms with Crippen LogP contribution < -0.4 is 10.6 Å². The van der Waals surface area contributed by atoms with E-state index in [-0.39, 0.29) is 11.3 Å². The number of nitrogens with one attached hydrogen (secondary N) is 2. The molecule has 110 valence electrons. The molecule has 0 aliphatic heterocycles. The van der Waals surface area contributed by atoms with E-state index in [4.69, 9.17) is 4.74 Å². The van der Waals surface area contributed by atoms with Gasteiger partial charge in [-0.3, -0.25) is 14.9 Å². The van der Waals surface area contributed by atoms with Gasteiger partial charge in [-0.15, -0.1) is 0 Å². The Balaban J connectivity index is 2.72. The Morgan fingerprint density at radius 1 is 1.45 bits per heavy atom. The van der Waals surface area contributed by atoms with E-state index in [0.717, 1.165) is 0 Å². The molecule has 0 atom stereocenters. The first-order valence-electron chi connectivity index (χ1n) is 6.42. The van der Waals surface area contributed by atoms with Crippen LogP contribution in [0.5, 0.6) is 0 Å². The highest BCUT2D eigenvalue weighted by Gasteiger charge is 2.20. The second kappa shape index (κ2) is 8.11. The van der Waals surface area contributed by atoms with Gasteiger partial charge in [0.15, 0.2) is 0 Å². The lowest BCUT2D eigenvalue weighted by Crippen LogP contribution is -2.26. The van der Waals surface area contributed by atoms with Gasteiger partial charge in [-0.25, -0.2) is 0 Å². The minimum absolute atomic E-state index is 0.0539. The van der Waals surface area contributed by atoms with Crippen LogP contribution in [0.3, 0.4) is 0 Å². The average Bonchev–Trinajstić information content (AvgIpc) is 2.46. The van der Waals surface area contributed by atoms with Crippen LogP contribution >= 0.6 is 0 Å². The van der Waals surface area contributed by atoms with E-state index in [2.05, 4.69) is 10.6 Å². The molecule has 0 aromatic heterocycles. The lowest BCUT2D eigenvalue weighted by molar-refractivity contribution is -0.385. The van der Waals surface area contributed by atoms with Crippen molar-refractivity contribution in [3.05, 3.63) is 33.9 Å². The highest BCUT2D eigenvalue weighted by atomic mass is 16.6. The summed E-state index contributed by atoms with van der Waals surface area (Å²) in [5.74, 6) is -0.453. The van der Waals surface area contributed by atoms with Gasteiger partial charge in [0.05, 0.1) is 4.92 Å². The van der Waals surface area contributed by atoms with Gasteiger partial charge in [0.2, 0.25) is 0 Å². The Kier molecular flexibility index (Phi) is 6.45. The van der Waals surface area contributed by atoms with Gasteiger partial charge < -0.3 is 15.4 Å². The van der Waals surface area contributed by atoms with Crippen LogP contribution in [0.4, 0.5) is 11.4 Å². The normalized spacial score (nSPS) is 10.1. The summed E-state index contributed by atoms with van der Waals surface area (Å²) in [5.41, 5.74) is 0.500. The molecular formula is C13H19N3O4. The van der Waals surface area contributed by atoms with Crippen LogP contribution in [0.2, 0.25) is 0 Å². The predicted octanol–water partition coefficient (Wildman–Crippen LogP) is 1.79. The Morgan fingerprint density at radius 2 is 2.20 bits per heavy atom. The monoisotopic (exact) mass is 281 g/mol. The van der Waals surface area contributed by atoms with Gasteiger partial charge in [0.1, 0.15) is 5.56 Å². The van der Waals surface area contributed by atoms with Crippen LogP contribution in [0.25, 0.3) is 0 Å². The van der Waals surface area contributed by atoms with Gasteiger partial charge in [-0.2, -0.15) is 0 Å².